The number of aromatic nitrogens is 1. The third-order valence-electron chi connectivity index (χ3n) is 8.27. The van der Waals surface area contributed by atoms with Gasteiger partial charge in [-0.25, -0.2) is 9.69 Å². The predicted molar refractivity (Wildman–Crippen MR) is 149 cm³/mol. The lowest BCUT2D eigenvalue weighted by Gasteiger charge is -2.47. The molecule has 2 unspecified atom stereocenters. The van der Waals surface area contributed by atoms with Crippen LogP contribution in [0.4, 0.5) is 10.5 Å². The molecule has 2 bridgehead atoms. The summed E-state index contributed by atoms with van der Waals surface area (Å²) in [5.41, 5.74) is 0.681. The molecule has 3 atom stereocenters. The highest BCUT2D eigenvalue weighted by Crippen LogP contribution is 2.39. The van der Waals surface area contributed by atoms with E-state index in [1.54, 1.807) is 36.4 Å². The van der Waals surface area contributed by atoms with Gasteiger partial charge in [-0.2, -0.15) is 0 Å². The number of piperidine rings is 1. The van der Waals surface area contributed by atoms with Crippen LogP contribution in [0, 0.1) is 11.3 Å². The van der Waals surface area contributed by atoms with E-state index in [1.165, 1.54) is 0 Å². The minimum atomic E-state index is -1.53. The molecular weight excluding hydrogens is 508 g/mol. The van der Waals surface area contributed by atoms with Crippen molar-refractivity contribution in [3.63, 3.8) is 0 Å². The largest absolute Gasteiger partial charge is 0.494 e. The summed E-state index contributed by atoms with van der Waals surface area (Å²) in [5, 5.41) is 2.49. The summed E-state index contributed by atoms with van der Waals surface area (Å²) in [7, 11) is 0. The second kappa shape index (κ2) is 10.4. The second-order valence-corrected chi connectivity index (χ2v) is 11.0. The Hall–Kier alpha value is -4.24. The van der Waals surface area contributed by atoms with Crippen LogP contribution in [0.5, 0.6) is 5.75 Å². The predicted octanol–water partition coefficient (Wildman–Crippen LogP) is 3.18. The van der Waals surface area contributed by atoms with E-state index in [9.17, 15) is 19.2 Å². The Balaban J connectivity index is 1.36. The number of hydrogen-bond donors (Lipinski definition) is 1. The van der Waals surface area contributed by atoms with Gasteiger partial charge in [-0.15, -0.1) is 0 Å². The number of imide groups is 2. The van der Waals surface area contributed by atoms with Gasteiger partial charge in [-0.05, 0) is 61.6 Å². The Morgan fingerprint density at radius 1 is 0.900 bits per heavy atom. The van der Waals surface area contributed by atoms with Gasteiger partial charge in [0.2, 0.25) is 5.91 Å². The molecule has 4 heterocycles. The molecule has 0 saturated carbocycles. The minimum Gasteiger partial charge on any atom is -0.494 e. The van der Waals surface area contributed by atoms with Crippen LogP contribution in [0.2, 0.25) is 0 Å². The van der Waals surface area contributed by atoms with Crippen molar-refractivity contribution in [1.82, 2.24) is 14.8 Å². The number of urea groups is 1. The second-order valence-electron chi connectivity index (χ2n) is 11.0. The van der Waals surface area contributed by atoms with Crippen molar-refractivity contribution in [3.05, 3.63) is 94.4 Å². The Bertz CT molecular complexity index is 1500. The van der Waals surface area contributed by atoms with Crippen molar-refractivity contribution in [2.24, 2.45) is 11.3 Å². The number of barbiturate groups is 1. The summed E-state index contributed by atoms with van der Waals surface area (Å²) in [4.78, 5) is 56.9. The monoisotopic (exact) mass is 540 g/mol. The van der Waals surface area contributed by atoms with Crippen LogP contribution in [0.3, 0.4) is 0 Å². The maximum atomic E-state index is 14.4. The quantitative estimate of drug-likeness (QED) is 0.462. The number of likely N-dealkylation sites (tertiary alicyclic amines) is 1. The van der Waals surface area contributed by atoms with Crippen molar-refractivity contribution in [1.29, 1.82) is 0 Å². The lowest BCUT2D eigenvalue weighted by atomic mass is 9.75. The summed E-state index contributed by atoms with van der Waals surface area (Å²) in [5.74, 6) is -0.0665. The molecule has 3 aromatic rings. The van der Waals surface area contributed by atoms with Crippen LogP contribution < -0.4 is 20.5 Å². The van der Waals surface area contributed by atoms with E-state index in [1.807, 2.05) is 47.9 Å². The Morgan fingerprint density at radius 3 is 2.42 bits per heavy atom. The molecule has 6 rings (SSSR count). The van der Waals surface area contributed by atoms with Gasteiger partial charge in [0.15, 0.2) is 0 Å². The van der Waals surface area contributed by atoms with Crippen LogP contribution in [0.15, 0.2) is 77.6 Å². The number of amides is 4. The number of benzene rings is 2. The standard InChI is InChI=1S/C31H32N4O5/c1-2-40-25-13-11-21(12-14-25)16-31(28(37)32-30(39)35(29(31)38)24-7-4-3-5-8-24)20-33-17-22-15-23(19-33)26-9-6-10-27(36)34(26)18-22/h3-14,22-23H,2,15-20H2,1H3,(H,32,37,39)/t22?,23-,31?/m0/s1. The molecule has 0 spiro atoms. The molecule has 1 aromatic heterocycles. The van der Waals surface area contributed by atoms with Gasteiger partial charge in [0.1, 0.15) is 11.2 Å². The van der Waals surface area contributed by atoms with E-state index in [-0.39, 0.29) is 30.4 Å². The number of para-hydroxylation sites is 1. The van der Waals surface area contributed by atoms with Gasteiger partial charge in [-0.1, -0.05) is 36.4 Å². The van der Waals surface area contributed by atoms with E-state index in [0.717, 1.165) is 22.6 Å². The molecule has 2 aromatic carbocycles. The van der Waals surface area contributed by atoms with Gasteiger partial charge >= 0.3 is 6.03 Å². The van der Waals surface area contributed by atoms with Crippen LogP contribution in [0.25, 0.3) is 0 Å². The average molecular weight is 541 g/mol. The number of fused-ring (bicyclic) bond motifs is 4. The fraction of sp³-hybridized carbons (Fsp3) is 0.355. The SMILES string of the molecule is CCOc1ccc(CC2(CN3CC4C[C@@H](C3)c3cccc(=O)n3C4)C(=O)NC(=O)N(c3ccccc3)C2=O)cc1. The number of anilines is 1. The molecule has 2 saturated heterocycles. The van der Waals surface area contributed by atoms with E-state index in [2.05, 4.69) is 10.2 Å². The van der Waals surface area contributed by atoms with Gasteiger partial charge in [0.25, 0.3) is 11.5 Å². The van der Waals surface area contributed by atoms with E-state index >= 15 is 0 Å². The molecule has 2 fully saturated rings. The van der Waals surface area contributed by atoms with Crippen molar-refractivity contribution in [2.75, 3.05) is 31.1 Å². The Kier molecular flexibility index (Phi) is 6.75. The first-order valence-corrected chi connectivity index (χ1v) is 13.8. The molecular formula is C31H32N4O5. The van der Waals surface area contributed by atoms with Crippen LogP contribution >= 0.6 is 0 Å². The Morgan fingerprint density at radius 2 is 1.68 bits per heavy atom. The molecule has 9 nitrogen and oxygen atoms in total. The maximum absolute atomic E-state index is 14.4. The lowest BCUT2D eigenvalue weighted by Crippen LogP contribution is -2.68. The summed E-state index contributed by atoms with van der Waals surface area (Å²) in [6, 6.07) is 20.7. The molecule has 40 heavy (non-hydrogen) atoms. The molecule has 0 aliphatic carbocycles. The van der Waals surface area contributed by atoms with E-state index in [4.69, 9.17) is 4.74 Å². The molecule has 0 radical (unpaired) electrons. The first-order chi connectivity index (χ1) is 19.4. The number of nitrogens with one attached hydrogen (secondary N) is 1. The minimum absolute atomic E-state index is 0.00599. The van der Waals surface area contributed by atoms with Crippen molar-refractivity contribution in [2.45, 2.75) is 32.2 Å². The highest BCUT2D eigenvalue weighted by atomic mass is 16.5. The number of carbonyl (C=O) groups excluding carboxylic acids is 3. The molecule has 3 aliphatic heterocycles. The number of pyridine rings is 1. The van der Waals surface area contributed by atoms with Gasteiger partial charge < -0.3 is 14.2 Å². The fourth-order valence-electron chi connectivity index (χ4n) is 6.56. The number of ether oxygens (including phenoxy) is 1. The van der Waals surface area contributed by atoms with Crippen molar-refractivity contribution >= 4 is 23.5 Å². The maximum Gasteiger partial charge on any atom is 0.335 e. The summed E-state index contributed by atoms with van der Waals surface area (Å²) in [6.07, 6.45) is 1.09. The normalized spacial score (nSPS) is 24.4. The highest BCUT2D eigenvalue weighted by Gasteiger charge is 2.55. The first-order valence-electron chi connectivity index (χ1n) is 13.8. The lowest BCUT2D eigenvalue weighted by molar-refractivity contribution is -0.144. The zero-order valence-corrected chi connectivity index (χ0v) is 22.4. The fourth-order valence-corrected chi connectivity index (χ4v) is 6.56. The molecule has 3 aliphatic rings. The smallest absolute Gasteiger partial charge is 0.335 e. The van der Waals surface area contributed by atoms with Gasteiger partial charge in [0, 0.05) is 43.9 Å². The Labute approximate surface area is 232 Å². The molecule has 206 valence electrons. The first kappa shape index (κ1) is 26.0. The molecule has 4 amide bonds. The van der Waals surface area contributed by atoms with E-state index in [0.29, 0.717) is 37.7 Å². The average Bonchev–Trinajstić information content (AvgIpc) is 2.94. The molecule has 9 heteroatoms. The number of rotatable bonds is 7. The van der Waals surface area contributed by atoms with Crippen LogP contribution in [-0.2, 0) is 22.6 Å². The zero-order chi connectivity index (χ0) is 27.9. The summed E-state index contributed by atoms with van der Waals surface area (Å²) < 4.78 is 7.44. The van der Waals surface area contributed by atoms with Crippen molar-refractivity contribution < 1.29 is 19.1 Å². The van der Waals surface area contributed by atoms with E-state index < -0.39 is 23.3 Å². The van der Waals surface area contributed by atoms with Gasteiger partial charge in [0.05, 0.1) is 12.3 Å². The summed E-state index contributed by atoms with van der Waals surface area (Å²) in [6.45, 7) is 4.48. The third-order valence-corrected chi connectivity index (χ3v) is 8.27. The number of hydrogen-bond acceptors (Lipinski definition) is 6. The van der Waals surface area contributed by atoms with Crippen LogP contribution in [0.1, 0.15) is 30.5 Å². The third kappa shape index (κ3) is 4.60. The topological polar surface area (TPSA) is 101 Å². The highest BCUT2D eigenvalue weighted by molar-refractivity contribution is 6.30. The number of carbonyl (C=O) groups is 3. The van der Waals surface area contributed by atoms with Crippen LogP contribution in [-0.4, -0.2) is 53.6 Å². The summed E-state index contributed by atoms with van der Waals surface area (Å²) >= 11 is 0. The zero-order valence-electron chi connectivity index (χ0n) is 22.4. The van der Waals surface area contributed by atoms with Crippen molar-refractivity contribution in [3.8, 4) is 5.75 Å². The number of nitrogens with zero attached hydrogens (tertiary/aromatic N) is 3. The van der Waals surface area contributed by atoms with Gasteiger partial charge in [-0.3, -0.25) is 19.7 Å². The molecule has 1 N–H and O–H groups in total.